The van der Waals surface area contributed by atoms with Crippen molar-refractivity contribution < 1.29 is 52.6 Å². The zero-order valence-electron chi connectivity index (χ0n) is 46.5. The van der Waals surface area contributed by atoms with Gasteiger partial charge in [-0.15, -0.1) is 11.8 Å². The number of esters is 2. The number of likely N-dealkylation sites (tertiary alicyclic amines) is 1. The molecule has 1 heterocycles. The number of carbonyl (C=O) groups is 7. The predicted octanol–water partition coefficient (Wildman–Crippen LogP) is 9.40. The summed E-state index contributed by atoms with van der Waals surface area (Å²) < 4.78 is 16.9. The lowest BCUT2D eigenvalue weighted by molar-refractivity contribution is -0.157. The Labute approximate surface area is 460 Å². The molecule has 1 aliphatic heterocycles. The Hall–Kier alpha value is -3.10. The van der Waals surface area contributed by atoms with Gasteiger partial charge >= 0.3 is 11.9 Å². The zero-order valence-corrected chi connectivity index (χ0v) is 48.2. The summed E-state index contributed by atoms with van der Waals surface area (Å²) in [6.07, 6.45) is 33.4. The van der Waals surface area contributed by atoms with Gasteiger partial charge in [0.15, 0.2) is 5.78 Å². The predicted molar refractivity (Wildman–Crippen MR) is 303 cm³/mol. The van der Waals surface area contributed by atoms with Gasteiger partial charge in [0.1, 0.15) is 30.5 Å². The topological polar surface area (TPSA) is 262 Å². The summed E-state index contributed by atoms with van der Waals surface area (Å²) in [5, 5.41) is 4.28. The van der Waals surface area contributed by atoms with E-state index in [1.165, 1.54) is 140 Å². The van der Waals surface area contributed by atoms with Crippen LogP contribution >= 0.6 is 23.5 Å². The van der Waals surface area contributed by atoms with Crippen LogP contribution in [0.25, 0.3) is 0 Å². The number of ether oxygens (including phenoxy) is 3. The number of oxime groups is 1. The number of hydrogen-bond donors (Lipinski definition) is 4. The smallest absolute Gasteiger partial charge is 0.306 e. The van der Waals surface area contributed by atoms with Crippen molar-refractivity contribution in [2.75, 3.05) is 57.6 Å². The van der Waals surface area contributed by atoms with E-state index >= 15 is 0 Å². The van der Waals surface area contributed by atoms with Crippen LogP contribution in [0.15, 0.2) is 5.16 Å². The van der Waals surface area contributed by atoms with Crippen molar-refractivity contribution in [1.29, 1.82) is 0 Å². The molecule has 434 valence electrons. The quantitative estimate of drug-likeness (QED) is 0.0110. The molecule has 0 saturated carbocycles. The van der Waals surface area contributed by atoms with E-state index in [2.05, 4.69) is 24.3 Å². The number of nitrogens with two attached hydrogens (primary N) is 3. The van der Waals surface area contributed by atoms with Crippen LogP contribution in [0.2, 0.25) is 0 Å². The monoisotopic (exact) mass is 1100 g/mol. The lowest BCUT2D eigenvalue weighted by atomic mass is 10.0. The molecule has 0 spiro atoms. The van der Waals surface area contributed by atoms with Crippen LogP contribution in [-0.2, 0) is 52.6 Å². The standard InChI is InChI=1S/C56H102N6O11S2/c1-3-5-7-9-11-13-15-17-19-21-23-25-27-31-52(66)71-43-47(73-53(67)32-28-26-24-22-20-18-16-14-12-10-8-6-4-2)44-74-45-48(58)54(68)55(59)75-49-42-51(65)62(56(49)69)38-33-50(64)60-37-41-70-39-34-46(63)30-29-36-61-72-40-35-57/h36,47-49,55H,3-35,37-45,57-59H2,1-2H3,(H,60,64). The van der Waals surface area contributed by atoms with Crippen molar-refractivity contribution in [1.82, 2.24) is 10.2 Å². The summed E-state index contributed by atoms with van der Waals surface area (Å²) in [4.78, 5) is 95.3. The van der Waals surface area contributed by atoms with Gasteiger partial charge in [0.2, 0.25) is 17.7 Å². The molecule has 1 aliphatic rings. The van der Waals surface area contributed by atoms with Crippen LogP contribution < -0.4 is 22.5 Å². The first-order valence-electron chi connectivity index (χ1n) is 29.1. The van der Waals surface area contributed by atoms with Gasteiger partial charge in [-0.2, -0.15) is 11.8 Å². The van der Waals surface area contributed by atoms with E-state index in [9.17, 15) is 33.6 Å². The lowest BCUT2D eigenvalue weighted by Gasteiger charge is -2.20. The molecule has 0 aromatic heterocycles. The molecule has 1 fully saturated rings. The fraction of sp³-hybridized carbons (Fsp3) is 0.857. The molecule has 4 unspecified atom stereocenters. The molecule has 3 amide bonds. The Kier molecular flexibility index (Phi) is 45.9. The van der Waals surface area contributed by atoms with E-state index < -0.39 is 40.4 Å². The molecule has 1 rings (SSSR count). The highest BCUT2D eigenvalue weighted by atomic mass is 32.2. The Morgan fingerprint density at radius 3 is 1.76 bits per heavy atom. The van der Waals surface area contributed by atoms with Crippen LogP contribution in [0, 0.1) is 0 Å². The van der Waals surface area contributed by atoms with Crippen LogP contribution in [0.4, 0.5) is 0 Å². The third-order valence-corrected chi connectivity index (χ3v) is 15.4. The van der Waals surface area contributed by atoms with Gasteiger partial charge in [-0.3, -0.25) is 38.5 Å². The number of Topliss-reactive ketones (excluding diaryl/α,β-unsaturated/α-hetero) is 2. The van der Waals surface area contributed by atoms with E-state index in [1.807, 2.05) is 0 Å². The molecule has 0 aliphatic carbocycles. The van der Waals surface area contributed by atoms with Crippen LogP contribution in [-0.4, -0.2) is 133 Å². The summed E-state index contributed by atoms with van der Waals surface area (Å²) in [6.45, 7) is 5.51. The fourth-order valence-corrected chi connectivity index (χ4v) is 10.6. The number of ketones is 2. The Morgan fingerprint density at radius 1 is 0.680 bits per heavy atom. The Balaban J connectivity index is 2.50. The summed E-state index contributed by atoms with van der Waals surface area (Å²) in [5.74, 6) is -2.17. The van der Waals surface area contributed by atoms with Gasteiger partial charge in [0, 0.05) is 75.9 Å². The Bertz CT molecular complexity index is 1560. The van der Waals surface area contributed by atoms with E-state index in [-0.39, 0.29) is 93.7 Å². The highest BCUT2D eigenvalue weighted by Gasteiger charge is 2.41. The summed E-state index contributed by atoms with van der Waals surface area (Å²) >= 11 is 2.15. The molecular formula is C56H102N6O11S2. The second kappa shape index (κ2) is 49.2. The maximum atomic E-state index is 13.3. The zero-order chi connectivity index (χ0) is 55.0. The van der Waals surface area contributed by atoms with Crippen molar-refractivity contribution in [3.05, 3.63) is 0 Å². The highest BCUT2D eigenvalue weighted by Crippen LogP contribution is 2.28. The van der Waals surface area contributed by atoms with Crippen LogP contribution in [0.1, 0.15) is 226 Å². The minimum Gasteiger partial charge on any atom is -0.462 e. The first-order valence-corrected chi connectivity index (χ1v) is 31.2. The van der Waals surface area contributed by atoms with Crippen LogP contribution in [0.3, 0.4) is 0 Å². The first-order chi connectivity index (χ1) is 36.4. The van der Waals surface area contributed by atoms with Crippen molar-refractivity contribution in [3.8, 4) is 0 Å². The maximum absolute atomic E-state index is 13.3. The Morgan fingerprint density at radius 2 is 1.21 bits per heavy atom. The molecule has 1 saturated heterocycles. The second-order valence-corrected chi connectivity index (χ2v) is 22.3. The SMILES string of the molecule is CCCCCCCCCCCCCCCC(=O)OCC(CSCC(N)C(=O)C(N)SC1CC(=O)N(CCC(=O)NCCOCCC(=O)CCC=NOCCN)C1=O)OC(=O)CCCCCCCCCCCCCCC. The van der Waals surface area contributed by atoms with Crippen LogP contribution in [0.5, 0.6) is 0 Å². The molecule has 75 heavy (non-hydrogen) atoms. The molecule has 17 nitrogen and oxygen atoms in total. The summed E-state index contributed by atoms with van der Waals surface area (Å²) in [7, 11) is 0. The van der Waals surface area contributed by atoms with E-state index in [1.54, 1.807) is 0 Å². The number of nitrogens with one attached hydrogen (secondary N) is 1. The number of hydrogen-bond acceptors (Lipinski definition) is 17. The third kappa shape index (κ3) is 39.9. The van der Waals surface area contributed by atoms with Gasteiger partial charge in [-0.05, 0) is 19.3 Å². The van der Waals surface area contributed by atoms with Gasteiger partial charge in [-0.25, -0.2) is 0 Å². The number of amides is 3. The minimum absolute atomic E-state index is 0.00869. The number of unbranched alkanes of at least 4 members (excludes halogenated alkanes) is 24. The average molecular weight is 1100 g/mol. The average Bonchev–Trinajstić information content (AvgIpc) is 3.66. The van der Waals surface area contributed by atoms with Crippen molar-refractivity contribution in [2.45, 2.75) is 249 Å². The highest BCUT2D eigenvalue weighted by molar-refractivity contribution is 8.02. The summed E-state index contributed by atoms with van der Waals surface area (Å²) in [5.41, 5.74) is 17.8. The second-order valence-electron chi connectivity index (χ2n) is 19.9. The third-order valence-electron chi connectivity index (χ3n) is 13.0. The molecule has 0 bridgehead atoms. The summed E-state index contributed by atoms with van der Waals surface area (Å²) in [6, 6.07) is -1.01. The van der Waals surface area contributed by atoms with Gasteiger partial charge in [0.25, 0.3) is 0 Å². The lowest BCUT2D eigenvalue weighted by Crippen LogP contribution is -2.44. The molecule has 0 aromatic rings. The molecule has 0 radical (unpaired) electrons. The van der Waals surface area contributed by atoms with Gasteiger partial charge < -0.3 is 41.6 Å². The largest absolute Gasteiger partial charge is 0.462 e. The number of carbonyl (C=O) groups excluding carboxylic acids is 7. The number of rotatable bonds is 54. The fourth-order valence-electron chi connectivity index (χ4n) is 8.46. The minimum atomic E-state index is -1.18. The maximum Gasteiger partial charge on any atom is 0.306 e. The van der Waals surface area contributed by atoms with E-state index in [0.717, 1.165) is 61.6 Å². The number of thioether (sulfide) groups is 2. The van der Waals surface area contributed by atoms with Crippen molar-refractivity contribution in [3.63, 3.8) is 0 Å². The molecule has 0 aromatic carbocycles. The van der Waals surface area contributed by atoms with Crippen molar-refractivity contribution in [2.24, 2.45) is 22.4 Å². The van der Waals surface area contributed by atoms with E-state index in [4.69, 9.17) is 36.2 Å². The normalized spacial score (nSPS) is 14.8. The van der Waals surface area contributed by atoms with Gasteiger partial charge in [-0.1, -0.05) is 173 Å². The molecule has 7 N–H and O–H groups in total. The molecule has 19 heteroatoms. The number of nitrogens with zero attached hydrogens (tertiary/aromatic N) is 2. The van der Waals surface area contributed by atoms with Gasteiger partial charge in [0.05, 0.1) is 24.5 Å². The molecular weight excluding hydrogens is 997 g/mol. The molecule has 4 atom stereocenters. The first kappa shape index (κ1) is 69.9. The van der Waals surface area contributed by atoms with Crippen molar-refractivity contribution >= 4 is 71.0 Å². The number of imide groups is 1. The van der Waals surface area contributed by atoms with E-state index in [0.29, 0.717) is 32.4 Å².